The van der Waals surface area contributed by atoms with Gasteiger partial charge in [-0.3, -0.25) is 0 Å². The minimum atomic E-state index is -4.27. The van der Waals surface area contributed by atoms with Crippen LogP contribution < -0.4 is 11.1 Å². The number of fused-ring (bicyclic) bond motifs is 1. The molecule has 1 unspecified atom stereocenters. The van der Waals surface area contributed by atoms with Gasteiger partial charge in [-0.15, -0.1) is 0 Å². The van der Waals surface area contributed by atoms with Crippen molar-refractivity contribution in [2.75, 3.05) is 13.1 Å². The molecule has 0 bridgehead atoms. The molecule has 1 aromatic carbocycles. The molecule has 1 atom stereocenters. The third-order valence-electron chi connectivity index (χ3n) is 2.90. The lowest BCUT2D eigenvalue weighted by molar-refractivity contribution is -0.137. The van der Waals surface area contributed by atoms with Crippen LogP contribution in [0, 0.1) is 0 Å². The molecule has 0 spiro atoms. The Labute approximate surface area is 91.6 Å². The predicted molar refractivity (Wildman–Crippen MR) is 54.9 cm³/mol. The van der Waals surface area contributed by atoms with Crippen LogP contribution in [0.3, 0.4) is 0 Å². The average Bonchev–Trinajstić information content (AvgIpc) is 2.26. The Balaban J connectivity index is 2.39. The summed E-state index contributed by atoms with van der Waals surface area (Å²) in [6.45, 7) is 1.66. The van der Waals surface area contributed by atoms with Gasteiger partial charge in [0.25, 0.3) is 0 Å². The number of alkyl halides is 3. The number of hydrogen-bond acceptors (Lipinski definition) is 2. The van der Waals surface area contributed by atoms with Gasteiger partial charge >= 0.3 is 6.18 Å². The molecule has 1 aliphatic rings. The van der Waals surface area contributed by atoms with Crippen LogP contribution in [-0.2, 0) is 12.7 Å². The Morgan fingerprint density at radius 1 is 1.38 bits per heavy atom. The Morgan fingerprint density at radius 2 is 2.12 bits per heavy atom. The predicted octanol–water partition coefficient (Wildman–Crippen LogP) is 1.85. The number of rotatable bonds is 1. The summed E-state index contributed by atoms with van der Waals surface area (Å²) in [6, 6.07) is 3.90. The molecule has 0 aromatic heterocycles. The highest BCUT2D eigenvalue weighted by molar-refractivity contribution is 5.37. The number of halogens is 3. The first-order valence-corrected chi connectivity index (χ1v) is 5.13. The Hall–Kier alpha value is -1.07. The van der Waals surface area contributed by atoms with E-state index in [1.807, 2.05) is 0 Å². The van der Waals surface area contributed by atoms with E-state index in [0.29, 0.717) is 18.7 Å². The zero-order valence-electron chi connectivity index (χ0n) is 8.64. The van der Waals surface area contributed by atoms with Crippen LogP contribution in [0.5, 0.6) is 0 Å². The molecular formula is C11H13F3N2. The summed E-state index contributed by atoms with van der Waals surface area (Å²) >= 11 is 0. The summed E-state index contributed by atoms with van der Waals surface area (Å²) in [7, 11) is 0. The highest BCUT2D eigenvalue weighted by atomic mass is 19.4. The summed E-state index contributed by atoms with van der Waals surface area (Å²) < 4.78 is 37.5. The molecule has 0 saturated carbocycles. The molecule has 1 aromatic rings. The smallest absolute Gasteiger partial charge is 0.330 e. The van der Waals surface area contributed by atoms with Gasteiger partial charge in [0, 0.05) is 25.6 Å². The van der Waals surface area contributed by atoms with E-state index in [1.165, 1.54) is 6.07 Å². The van der Waals surface area contributed by atoms with E-state index in [4.69, 9.17) is 5.73 Å². The number of nitrogens with two attached hydrogens (primary N) is 1. The first-order valence-electron chi connectivity index (χ1n) is 5.13. The fraction of sp³-hybridized carbons (Fsp3) is 0.455. The molecule has 0 radical (unpaired) electrons. The van der Waals surface area contributed by atoms with Gasteiger partial charge in [-0.2, -0.15) is 13.2 Å². The molecule has 2 rings (SSSR count). The van der Waals surface area contributed by atoms with Crippen molar-refractivity contribution in [2.45, 2.75) is 18.6 Å². The molecule has 3 N–H and O–H groups in total. The Kier molecular flexibility index (Phi) is 2.90. The molecule has 1 aliphatic heterocycles. The lowest BCUT2D eigenvalue weighted by Gasteiger charge is -2.26. The second-order valence-electron chi connectivity index (χ2n) is 3.97. The monoisotopic (exact) mass is 230 g/mol. The van der Waals surface area contributed by atoms with Crippen molar-refractivity contribution < 1.29 is 13.2 Å². The van der Waals surface area contributed by atoms with Gasteiger partial charge in [0.2, 0.25) is 0 Å². The van der Waals surface area contributed by atoms with E-state index < -0.39 is 11.7 Å². The standard InChI is InChI=1S/C11H13F3N2/c12-11(13,14)9-1-2-10-7(3-9)5-16-6-8(10)4-15/h1-3,8,16H,4-6,15H2. The van der Waals surface area contributed by atoms with Gasteiger partial charge in [-0.05, 0) is 23.3 Å². The van der Waals surface area contributed by atoms with Crippen molar-refractivity contribution in [3.05, 3.63) is 34.9 Å². The summed E-state index contributed by atoms with van der Waals surface area (Å²) in [5, 5.41) is 3.07. The topological polar surface area (TPSA) is 38.0 Å². The van der Waals surface area contributed by atoms with Gasteiger partial charge in [0.15, 0.2) is 0 Å². The SMILES string of the molecule is NCC1CNCc2cc(C(F)(F)F)ccc21. The second-order valence-corrected chi connectivity index (χ2v) is 3.97. The lowest BCUT2D eigenvalue weighted by atomic mass is 9.89. The van der Waals surface area contributed by atoms with Crippen molar-refractivity contribution in [1.29, 1.82) is 0 Å². The van der Waals surface area contributed by atoms with Crippen LogP contribution in [0.25, 0.3) is 0 Å². The zero-order chi connectivity index (χ0) is 11.8. The normalized spacial score (nSPS) is 20.6. The quantitative estimate of drug-likeness (QED) is 0.772. The first kappa shape index (κ1) is 11.4. The lowest BCUT2D eigenvalue weighted by Crippen LogP contribution is -2.32. The summed E-state index contributed by atoms with van der Waals surface area (Å²) in [4.78, 5) is 0. The maximum atomic E-state index is 12.5. The van der Waals surface area contributed by atoms with E-state index in [9.17, 15) is 13.2 Å². The Bertz CT molecular complexity index is 387. The maximum absolute atomic E-state index is 12.5. The van der Waals surface area contributed by atoms with Crippen LogP contribution in [0.1, 0.15) is 22.6 Å². The van der Waals surface area contributed by atoms with Crippen molar-refractivity contribution in [3.63, 3.8) is 0 Å². The minimum Gasteiger partial charge on any atom is -0.330 e. The number of benzene rings is 1. The summed E-state index contributed by atoms with van der Waals surface area (Å²) in [5.74, 6) is 0.117. The summed E-state index contributed by atoms with van der Waals surface area (Å²) in [5.41, 5.74) is 6.63. The third kappa shape index (κ3) is 2.05. The van der Waals surface area contributed by atoms with Gasteiger partial charge in [-0.25, -0.2) is 0 Å². The van der Waals surface area contributed by atoms with E-state index in [0.717, 1.165) is 18.2 Å². The molecule has 0 aliphatic carbocycles. The molecule has 2 nitrogen and oxygen atoms in total. The minimum absolute atomic E-state index is 0.117. The highest BCUT2D eigenvalue weighted by Gasteiger charge is 2.31. The Morgan fingerprint density at radius 3 is 2.75 bits per heavy atom. The van der Waals surface area contributed by atoms with Crippen LogP contribution in [0.15, 0.2) is 18.2 Å². The molecular weight excluding hydrogens is 217 g/mol. The van der Waals surface area contributed by atoms with E-state index >= 15 is 0 Å². The fourth-order valence-corrected chi connectivity index (χ4v) is 2.03. The number of hydrogen-bond donors (Lipinski definition) is 2. The van der Waals surface area contributed by atoms with Gasteiger partial charge in [0.05, 0.1) is 5.56 Å². The van der Waals surface area contributed by atoms with E-state index in [2.05, 4.69) is 5.32 Å². The molecule has 16 heavy (non-hydrogen) atoms. The fourth-order valence-electron chi connectivity index (χ4n) is 2.03. The van der Waals surface area contributed by atoms with Gasteiger partial charge < -0.3 is 11.1 Å². The van der Waals surface area contributed by atoms with Crippen molar-refractivity contribution in [3.8, 4) is 0 Å². The van der Waals surface area contributed by atoms with Crippen LogP contribution in [-0.4, -0.2) is 13.1 Å². The molecule has 88 valence electrons. The largest absolute Gasteiger partial charge is 0.416 e. The number of nitrogens with one attached hydrogen (secondary N) is 1. The van der Waals surface area contributed by atoms with E-state index in [1.54, 1.807) is 6.07 Å². The third-order valence-corrected chi connectivity index (χ3v) is 2.90. The maximum Gasteiger partial charge on any atom is 0.416 e. The zero-order valence-corrected chi connectivity index (χ0v) is 8.64. The highest BCUT2D eigenvalue weighted by Crippen LogP contribution is 2.33. The van der Waals surface area contributed by atoms with Crippen LogP contribution >= 0.6 is 0 Å². The second kappa shape index (κ2) is 4.07. The van der Waals surface area contributed by atoms with Gasteiger partial charge in [0.1, 0.15) is 0 Å². The molecule has 1 heterocycles. The molecule has 0 saturated heterocycles. The molecule has 5 heteroatoms. The first-order chi connectivity index (χ1) is 7.52. The average molecular weight is 230 g/mol. The van der Waals surface area contributed by atoms with Crippen molar-refractivity contribution >= 4 is 0 Å². The van der Waals surface area contributed by atoms with Crippen molar-refractivity contribution in [2.24, 2.45) is 5.73 Å². The van der Waals surface area contributed by atoms with E-state index in [-0.39, 0.29) is 5.92 Å². The van der Waals surface area contributed by atoms with Crippen molar-refractivity contribution in [1.82, 2.24) is 5.32 Å². The van der Waals surface area contributed by atoms with Crippen LogP contribution in [0.4, 0.5) is 13.2 Å². The summed E-state index contributed by atoms with van der Waals surface area (Å²) in [6.07, 6.45) is -4.27. The van der Waals surface area contributed by atoms with Gasteiger partial charge in [-0.1, -0.05) is 6.07 Å². The molecule has 0 amide bonds. The van der Waals surface area contributed by atoms with Crippen LogP contribution in [0.2, 0.25) is 0 Å². The molecule has 0 fully saturated rings.